The van der Waals surface area contributed by atoms with Crippen molar-refractivity contribution in [1.29, 1.82) is 0 Å². The summed E-state index contributed by atoms with van der Waals surface area (Å²) in [5.41, 5.74) is 16.2. The van der Waals surface area contributed by atoms with Gasteiger partial charge < -0.3 is 43.4 Å². The van der Waals surface area contributed by atoms with Gasteiger partial charge in [-0.15, -0.1) is 0 Å². The van der Waals surface area contributed by atoms with Crippen LogP contribution in [0.4, 0.5) is 0 Å². The highest BCUT2D eigenvalue weighted by Gasteiger charge is 2.29. The minimum Gasteiger partial charge on any atom is -0.481 e. The fraction of sp³-hybridized carbons (Fsp3) is 0.737. The van der Waals surface area contributed by atoms with E-state index in [2.05, 4.69) is 16.0 Å². The number of carboxylic acids is 2. The largest absolute Gasteiger partial charge is 0.481 e. The summed E-state index contributed by atoms with van der Waals surface area (Å²) >= 11 is 0. The Labute approximate surface area is 186 Å². The molecule has 184 valence electrons. The summed E-state index contributed by atoms with van der Waals surface area (Å²) in [5, 5.41) is 25.4. The second kappa shape index (κ2) is 16.9. The second-order valence-electron chi connectivity index (χ2n) is 7.29. The van der Waals surface area contributed by atoms with Crippen molar-refractivity contribution in [2.75, 3.05) is 19.6 Å². The third-order valence-electron chi connectivity index (χ3n) is 4.63. The molecule has 0 radical (unpaired) electrons. The first-order chi connectivity index (χ1) is 15.2. The van der Waals surface area contributed by atoms with Crippen LogP contribution in [0.25, 0.3) is 0 Å². The molecule has 3 atom stereocenters. The van der Waals surface area contributed by atoms with Gasteiger partial charge in [0.15, 0.2) is 0 Å². The molecule has 3 amide bonds. The highest BCUT2D eigenvalue weighted by Crippen LogP contribution is 2.07. The van der Waals surface area contributed by atoms with Gasteiger partial charge in [-0.2, -0.15) is 0 Å². The summed E-state index contributed by atoms with van der Waals surface area (Å²) in [4.78, 5) is 59.3. The number of carbonyl (C=O) groups excluding carboxylic acids is 3. The molecule has 0 aromatic heterocycles. The number of aliphatic carboxylic acids is 2. The van der Waals surface area contributed by atoms with Gasteiger partial charge in [0.2, 0.25) is 17.7 Å². The van der Waals surface area contributed by atoms with Gasteiger partial charge in [-0.05, 0) is 58.0 Å². The lowest BCUT2D eigenvalue weighted by Crippen LogP contribution is -2.56. The smallest absolute Gasteiger partial charge is 0.326 e. The van der Waals surface area contributed by atoms with Crippen molar-refractivity contribution in [2.24, 2.45) is 17.2 Å². The molecule has 0 fully saturated rings. The van der Waals surface area contributed by atoms with E-state index in [0.717, 1.165) is 0 Å². The molecule has 0 heterocycles. The minimum atomic E-state index is -1.43. The molecule has 3 unspecified atom stereocenters. The average molecular weight is 461 g/mol. The highest BCUT2D eigenvalue weighted by atomic mass is 16.4. The molecule has 0 aromatic rings. The van der Waals surface area contributed by atoms with Crippen LogP contribution >= 0.6 is 0 Å². The molecule has 0 aliphatic carbocycles. The molecule has 13 nitrogen and oxygen atoms in total. The Morgan fingerprint density at radius 1 is 0.656 bits per heavy atom. The number of hydrogen-bond acceptors (Lipinski definition) is 8. The first kappa shape index (κ1) is 29.2. The van der Waals surface area contributed by atoms with Crippen molar-refractivity contribution in [2.45, 2.75) is 69.5 Å². The Hall–Kier alpha value is -2.77. The van der Waals surface area contributed by atoms with Crippen LogP contribution in [-0.4, -0.2) is 77.6 Å². The van der Waals surface area contributed by atoms with E-state index in [9.17, 15) is 29.1 Å². The molecule has 0 saturated carbocycles. The summed E-state index contributed by atoms with van der Waals surface area (Å²) < 4.78 is 0. The molecule has 0 spiro atoms. The van der Waals surface area contributed by atoms with Gasteiger partial charge in [0.25, 0.3) is 0 Å². The Balaban J connectivity index is 5.33. The van der Waals surface area contributed by atoms with Gasteiger partial charge >= 0.3 is 11.9 Å². The van der Waals surface area contributed by atoms with E-state index in [4.69, 9.17) is 22.3 Å². The number of nitrogens with one attached hydrogen (secondary N) is 3. The van der Waals surface area contributed by atoms with Crippen LogP contribution in [0.3, 0.4) is 0 Å². The number of carboxylic acid groups (broad SMARTS) is 2. The molecule has 13 heteroatoms. The van der Waals surface area contributed by atoms with Crippen LogP contribution in [0.1, 0.15) is 51.4 Å². The van der Waals surface area contributed by atoms with Gasteiger partial charge in [0.1, 0.15) is 18.1 Å². The lowest BCUT2D eigenvalue weighted by atomic mass is 10.0. The van der Waals surface area contributed by atoms with E-state index >= 15 is 0 Å². The van der Waals surface area contributed by atoms with Gasteiger partial charge in [-0.3, -0.25) is 19.2 Å². The van der Waals surface area contributed by atoms with Gasteiger partial charge in [0, 0.05) is 6.42 Å². The molecule has 11 N–H and O–H groups in total. The molecule has 0 aromatic carbocycles. The maximum atomic E-state index is 12.8. The first-order valence-corrected chi connectivity index (χ1v) is 10.6. The number of carbonyl (C=O) groups is 5. The SMILES string of the molecule is NCCCCC(NC(=O)CN)C(=O)NC(CCCCN)C(=O)NC(CCC(=O)O)C(=O)O. The number of hydrogen-bond donors (Lipinski definition) is 8. The normalized spacial score (nSPS) is 13.5. The zero-order valence-electron chi connectivity index (χ0n) is 18.2. The van der Waals surface area contributed by atoms with Crippen LogP contribution in [0.5, 0.6) is 0 Å². The van der Waals surface area contributed by atoms with Crippen molar-refractivity contribution >= 4 is 29.7 Å². The standard InChI is InChI=1S/C19H36N6O7/c20-9-3-1-5-12(23-15(26)11-22)17(29)24-13(6-2-4-10-21)18(30)25-14(19(31)32)7-8-16(27)28/h12-14H,1-11,20-22H2,(H,23,26)(H,24,29)(H,25,30)(H,27,28)(H,31,32). The van der Waals surface area contributed by atoms with Crippen molar-refractivity contribution in [3.05, 3.63) is 0 Å². The molecule has 0 bridgehead atoms. The number of rotatable bonds is 18. The fourth-order valence-corrected chi connectivity index (χ4v) is 2.85. The van der Waals surface area contributed by atoms with E-state index in [1.165, 1.54) is 0 Å². The minimum absolute atomic E-state index is 0.181. The van der Waals surface area contributed by atoms with Crippen LogP contribution in [-0.2, 0) is 24.0 Å². The monoisotopic (exact) mass is 460 g/mol. The maximum Gasteiger partial charge on any atom is 0.326 e. The highest BCUT2D eigenvalue weighted by molar-refractivity contribution is 5.93. The predicted molar refractivity (Wildman–Crippen MR) is 115 cm³/mol. The summed E-state index contributed by atoms with van der Waals surface area (Å²) in [6, 6.07) is -3.46. The molecular weight excluding hydrogens is 424 g/mol. The zero-order valence-corrected chi connectivity index (χ0v) is 18.2. The van der Waals surface area contributed by atoms with Crippen LogP contribution in [0.2, 0.25) is 0 Å². The van der Waals surface area contributed by atoms with Gasteiger partial charge in [0.05, 0.1) is 6.54 Å². The van der Waals surface area contributed by atoms with Crippen LogP contribution in [0.15, 0.2) is 0 Å². The van der Waals surface area contributed by atoms with E-state index in [-0.39, 0.29) is 25.8 Å². The molecule has 0 aliphatic rings. The van der Waals surface area contributed by atoms with Crippen molar-refractivity contribution < 1.29 is 34.2 Å². The Morgan fingerprint density at radius 2 is 1.12 bits per heavy atom. The molecular formula is C19H36N6O7. The number of unbranched alkanes of at least 4 members (excludes halogenated alkanes) is 2. The zero-order chi connectivity index (χ0) is 24.5. The van der Waals surface area contributed by atoms with Crippen LogP contribution < -0.4 is 33.2 Å². The van der Waals surface area contributed by atoms with Crippen molar-refractivity contribution in [3.8, 4) is 0 Å². The topological polar surface area (TPSA) is 240 Å². The first-order valence-electron chi connectivity index (χ1n) is 10.6. The second-order valence-corrected chi connectivity index (χ2v) is 7.29. The number of amides is 3. The van der Waals surface area contributed by atoms with E-state index < -0.39 is 54.2 Å². The summed E-state index contributed by atoms with van der Waals surface area (Å²) in [6.07, 6.45) is 1.94. The van der Waals surface area contributed by atoms with Crippen LogP contribution in [0, 0.1) is 0 Å². The average Bonchev–Trinajstić information content (AvgIpc) is 2.74. The quantitative estimate of drug-likeness (QED) is 0.101. The van der Waals surface area contributed by atoms with E-state index in [0.29, 0.717) is 38.8 Å². The van der Waals surface area contributed by atoms with E-state index in [1.54, 1.807) is 0 Å². The maximum absolute atomic E-state index is 12.8. The summed E-state index contributed by atoms with van der Waals surface area (Å²) in [5.74, 6) is -4.51. The lowest BCUT2D eigenvalue weighted by molar-refractivity contribution is -0.143. The Morgan fingerprint density at radius 3 is 1.53 bits per heavy atom. The van der Waals surface area contributed by atoms with Gasteiger partial charge in [-0.1, -0.05) is 0 Å². The molecule has 32 heavy (non-hydrogen) atoms. The summed E-state index contributed by atoms with van der Waals surface area (Å²) in [7, 11) is 0. The fourth-order valence-electron chi connectivity index (χ4n) is 2.85. The molecule has 0 saturated heterocycles. The lowest BCUT2D eigenvalue weighted by Gasteiger charge is -2.24. The molecule has 0 aliphatic heterocycles. The van der Waals surface area contributed by atoms with E-state index in [1.807, 2.05) is 0 Å². The Kier molecular flexibility index (Phi) is 15.4. The Bertz CT molecular complexity index is 631. The van der Waals surface area contributed by atoms with Crippen molar-refractivity contribution in [3.63, 3.8) is 0 Å². The third-order valence-corrected chi connectivity index (χ3v) is 4.63. The number of nitrogens with two attached hydrogens (primary N) is 3. The van der Waals surface area contributed by atoms with Crippen molar-refractivity contribution in [1.82, 2.24) is 16.0 Å². The molecule has 0 rings (SSSR count). The third kappa shape index (κ3) is 12.8. The van der Waals surface area contributed by atoms with Gasteiger partial charge in [-0.25, -0.2) is 4.79 Å². The summed E-state index contributed by atoms with van der Waals surface area (Å²) in [6.45, 7) is 0.466. The predicted octanol–water partition coefficient (Wildman–Crippen LogP) is -2.39.